The van der Waals surface area contributed by atoms with E-state index in [0.29, 0.717) is 18.1 Å². The molecular weight excluding hydrogens is 384 g/mol. The Morgan fingerprint density at radius 1 is 0.833 bits per heavy atom. The fraction of sp³-hybridized carbons (Fsp3) is 0.167. The number of esters is 2. The third-order valence-electron chi connectivity index (χ3n) is 4.00. The maximum absolute atomic E-state index is 11.6. The fourth-order valence-corrected chi connectivity index (χ4v) is 2.57. The van der Waals surface area contributed by atoms with E-state index >= 15 is 0 Å². The van der Waals surface area contributed by atoms with E-state index in [9.17, 15) is 9.59 Å². The van der Waals surface area contributed by atoms with Crippen LogP contribution in [0.4, 0.5) is 0 Å². The lowest BCUT2D eigenvalue weighted by Crippen LogP contribution is -2.15. The SMILES string of the molecule is CC(=O)Oc1ccc(OC(=O)COCc2ccccc2)cc1.c1ccc2c(c1)CO2. The molecule has 0 aliphatic carbocycles. The third kappa shape index (κ3) is 6.76. The minimum Gasteiger partial charge on any atom is -0.488 e. The van der Waals surface area contributed by atoms with E-state index in [1.165, 1.54) is 12.5 Å². The molecule has 0 spiro atoms. The topological polar surface area (TPSA) is 71.1 Å². The summed E-state index contributed by atoms with van der Waals surface area (Å²) in [6, 6.07) is 23.8. The number of ether oxygens (including phenoxy) is 4. The van der Waals surface area contributed by atoms with Gasteiger partial charge in [0.25, 0.3) is 0 Å². The predicted octanol–water partition coefficient (Wildman–Crippen LogP) is 4.31. The van der Waals surface area contributed by atoms with Crippen molar-refractivity contribution < 1.29 is 28.5 Å². The Kier molecular flexibility index (Phi) is 7.58. The van der Waals surface area contributed by atoms with Crippen LogP contribution in [0.15, 0.2) is 78.9 Å². The average molecular weight is 406 g/mol. The largest absolute Gasteiger partial charge is 0.488 e. The molecule has 154 valence electrons. The highest BCUT2D eigenvalue weighted by Crippen LogP contribution is 2.27. The quantitative estimate of drug-likeness (QED) is 0.449. The Balaban J connectivity index is 0.000000263. The molecule has 1 aliphatic rings. The highest BCUT2D eigenvalue weighted by Gasteiger charge is 2.10. The molecule has 3 aromatic carbocycles. The van der Waals surface area contributed by atoms with Crippen LogP contribution in [-0.4, -0.2) is 18.5 Å². The highest BCUT2D eigenvalue weighted by molar-refractivity contribution is 5.73. The molecule has 0 atom stereocenters. The predicted molar refractivity (Wildman–Crippen MR) is 110 cm³/mol. The first-order valence-corrected chi connectivity index (χ1v) is 9.41. The van der Waals surface area contributed by atoms with E-state index in [0.717, 1.165) is 17.9 Å². The minimum atomic E-state index is -0.490. The number of benzene rings is 3. The maximum atomic E-state index is 11.6. The highest BCUT2D eigenvalue weighted by atomic mass is 16.6. The summed E-state index contributed by atoms with van der Waals surface area (Å²) in [5.74, 6) is 0.916. The molecule has 0 unspecified atom stereocenters. The Bertz CT molecular complexity index is 944. The molecule has 0 amide bonds. The van der Waals surface area contributed by atoms with Crippen LogP contribution in [0.3, 0.4) is 0 Å². The van der Waals surface area contributed by atoms with Crippen molar-refractivity contribution in [2.75, 3.05) is 6.61 Å². The van der Waals surface area contributed by atoms with Crippen LogP contribution in [0.2, 0.25) is 0 Å². The van der Waals surface area contributed by atoms with Crippen LogP contribution in [0, 0.1) is 0 Å². The minimum absolute atomic E-state index is 0.138. The smallest absolute Gasteiger partial charge is 0.337 e. The van der Waals surface area contributed by atoms with Crippen LogP contribution in [0.1, 0.15) is 18.1 Å². The number of rotatable bonds is 6. The zero-order valence-electron chi connectivity index (χ0n) is 16.6. The van der Waals surface area contributed by atoms with Gasteiger partial charge in [-0.05, 0) is 35.9 Å². The van der Waals surface area contributed by atoms with Gasteiger partial charge in [-0.25, -0.2) is 4.79 Å². The molecule has 0 saturated carbocycles. The summed E-state index contributed by atoms with van der Waals surface area (Å²) < 4.78 is 20.4. The van der Waals surface area contributed by atoms with E-state index in [-0.39, 0.29) is 6.61 Å². The Morgan fingerprint density at radius 3 is 2.00 bits per heavy atom. The molecule has 0 N–H and O–H groups in total. The third-order valence-corrected chi connectivity index (χ3v) is 4.00. The van der Waals surface area contributed by atoms with E-state index in [1.807, 2.05) is 48.5 Å². The molecule has 0 aromatic heterocycles. The van der Waals surface area contributed by atoms with E-state index in [2.05, 4.69) is 6.07 Å². The van der Waals surface area contributed by atoms with Gasteiger partial charge < -0.3 is 18.9 Å². The summed E-state index contributed by atoms with van der Waals surface area (Å²) in [5.41, 5.74) is 2.31. The summed E-state index contributed by atoms with van der Waals surface area (Å²) in [6.07, 6.45) is 0. The monoisotopic (exact) mass is 406 g/mol. The molecule has 1 aliphatic heterocycles. The number of hydrogen-bond acceptors (Lipinski definition) is 6. The van der Waals surface area contributed by atoms with Gasteiger partial charge in [0.1, 0.15) is 30.5 Å². The van der Waals surface area contributed by atoms with Crippen molar-refractivity contribution in [3.63, 3.8) is 0 Å². The van der Waals surface area contributed by atoms with Crippen molar-refractivity contribution in [2.24, 2.45) is 0 Å². The molecule has 6 heteroatoms. The number of carbonyl (C=O) groups excluding carboxylic acids is 2. The van der Waals surface area contributed by atoms with Gasteiger partial charge >= 0.3 is 11.9 Å². The lowest BCUT2D eigenvalue weighted by atomic mass is 10.1. The van der Waals surface area contributed by atoms with Gasteiger partial charge in [-0.3, -0.25) is 4.79 Å². The van der Waals surface area contributed by atoms with E-state index < -0.39 is 11.9 Å². The summed E-state index contributed by atoms with van der Waals surface area (Å²) in [5, 5.41) is 0. The summed E-state index contributed by atoms with van der Waals surface area (Å²) in [6.45, 7) is 2.33. The van der Waals surface area contributed by atoms with E-state index in [1.54, 1.807) is 24.3 Å². The second-order valence-corrected chi connectivity index (χ2v) is 6.41. The molecule has 6 nitrogen and oxygen atoms in total. The van der Waals surface area contributed by atoms with Crippen LogP contribution in [-0.2, 0) is 27.5 Å². The fourth-order valence-electron chi connectivity index (χ4n) is 2.57. The normalized spacial score (nSPS) is 11.0. The van der Waals surface area contributed by atoms with Crippen molar-refractivity contribution in [3.8, 4) is 17.2 Å². The standard InChI is InChI=1S/C17H16O5.C7H6O/c1-13(18)21-15-7-9-16(10-8-15)22-17(19)12-20-11-14-5-3-2-4-6-14;1-2-4-7-6(3-1)5-8-7/h2-10H,11-12H2,1H3;1-4H,5H2. The van der Waals surface area contributed by atoms with Crippen molar-refractivity contribution in [1.82, 2.24) is 0 Å². The number of hydrogen-bond donors (Lipinski definition) is 0. The van der Waals surface area contributed by atoms with Crippen LogP contribution in [0.25, 0.3) is 0 Å². The molecule has 0 fully saturated rings. The number of fused-ring (bicyclic) bond motifs is 1. The van der Waals surface area contributed by atoms with E-state index in [4.69, 9.17) is 18.9 Å². The zero-order valence-corrected chi connectivity index (χ0v) is 16.6. The van der Waals surface area contributed by atoms with Crippen molar-refractivity contribution in [2.45, 2.75) is 20.1 Å². The Hall–Kier alpha value is -3.64. The van der Waals surface area contributed by atoms with Gasteiger partial charge in [-0.15, -0.1) is 0 Å². The second-order valence-electron chi connectivity index (χ2n) is 6.41. The Morgan fingerprint density at radius 2 is 1.47 bits per heavy atom. The lowest BCUT2D eigenvalue weighted by Gasteiger charge is -2.18. The molecular formula is C24H22O6. The van der Waals surface area contributed by atoms with Crippen molar-refractivity contribution in [3.05, 3.63) is 90.0 Å². The molecule has 1 heterocycles. The van der Waals surface area contributed by atoms with Gasteiger partial charge in [0.15, 0.2) is 0 Å². The summed E-state index contributed by atoms with van der Waals surface area (Å²) >= 11 is 0. The van der Waals surface area contributed by atoms with Gasteiger partial charge in [-0.2, -0.15) is 0 Å². The molecule has 0 bridgehead atoms. The molecule has 0 saturated heterocycles. The lowest BCUT2D eigenvalue weighted by molar-refractivity contribution is -0.140. The summed E-state index contributed by atoms with van der Waals surface area (Å²) in [7, 11) is 0. The van der Waals surface area contributed by atoms with Gasteiger partial charge in [0.2, 0.25) is 0 Å². The van der Waals surface area contributed by atoms with Crippen LogP contribution in [0.5, 0.6) is 17.2 Å². The van der Waals surface area contributed by atoms with Gasteiger partial charge in [0.05, 0.1) is 6.61 Å². The second kappa shape index (κ2) is 10.8. The van der Waals surface area contributed by atoms with Gasteiger partial charge in [0, 0.05) is 12.5 Å². The first kappa shape index (κ1) is 21.1. The Labute approximate surface area is 175 Å². The number of carbonyl (C=O) groups is 2. The first-order valence-electron chi connectivity index (χ1n) is 9.41. The molecule has 30 heavy (non-hydrogen) atoms. The summed E-state index contributed by atoms with van der Waals surface area (Å²) in [4.78, 5) is 22.4. The van der Waals surface area contributed by atoms with Crippen LogP contribution < -0.4 is 14.2 Å². The molecule has 4 rings (SSSR count). The zero-order chi connectivity index (χ0) is 21.2. The molecule has 0 radical (unpaired) electrons. The van der Waals surface area contributed by atoms with Crippen LogP contribution >= 0.6 is 0 Å². The van der Waals surface area contributed by atoms with Gasteiger partial charge in [-0.1, -0.05) is 48.5 Å². The van der Waals surface area contributed by atoms with Crippen molar-refractivity contribution >= 4 is 11.9 Å². The average Bonchev–Trinajstić information content (AvgIpc) is 2.71. The number of para-hydroxylation sites is 1. The van der Waals surface area contributed by atoms with Crippen molar-refractivity contribution in [1.29, 1.82) is 0 Å². The molecule has 3 aromatic rings. The first-order chi connectivity index (χ1) is 14.6. The maximum Gasteiger partial charge on any atom is 0.337 e.